The van der Waals surface area contributed by atoms with Crippen LogP contribution in [0.2, 0.25) is 0 Å². The van der Waals surface area contributed by atoms with E-state index in [1.807, 2.05) is 0 Å². The van der Waals surface area contributed by atoms with Crippen LogP contribution < -0.4 is 16.1 Å². The summed E-state index contributed by atoms with van der Waals surface area (Å²) in [5, 5.41) is 9.99. The first-order valence-corrected chi connectivity index (χ1v) is 6.09. The summed E-state index contributed by atoms with van der Waals surface area (Å²) in [7, 11) is 0. The largest absolute Gasteiger partial charge is 0.506 e. The Morgan fingerprint density at radius 3 is 2.55 bits per heavy atom. The number of primary amides is 1. The number of carbonyl (C=O) groups excluding carboxylic acids is 1. The summed E-state index contributed by atoms with van der Waals surface area (Å²) < 4.78 is 37.0. The molecule has 3 N–H and O–H groups in total. The Kier molecular flexibility index (Phi) is 3.98. The summed E-state index contributed by atoms with van der Waals surface area (Å²) in [4.78, 5) is 28.2. The molecular formula is C13H11F3N2O4. The van der Waals surface area contributed by atoms with E-state index in [0.717, 1.165) is 0 Å². The Labute approximate surface area is 121 Å². The van der Waals surface area contributed by atoms with Gasteiger partial charge in [0.2, 0.25) is 0 Å². The third-order valence-electron chi connectivity index (χ3n) is 2.87. The Morgan fingerprint density at radius 2 is 1.95 bits per heavy atom. The standard InChI is InChI=1S/C13H11F3N2O4/c14-13(15,16)5-6-22-18-8-4-2-1-3-7(8)10(19)9(11(17)20)12(18)21/h1-4,19H,5-6H2,(H2,17,20). The van der Waals surface area contributed by atoms with E-state index in [0.29, 0.717) is 4.73 Å². The van der Waals surface area contributed by atoms with Crippen LogP contribution in [0.1, 0.15) is 16.8 Å². The number of nitrogens with zero attached hydrogens (tertiary/aromatic N) is 1. The number of aromatic hydroxyl groups is 1. The van der Waals surface area contributed by atoms with Crippen LogP contribution in [0.3, 0.4) is 0 Å². The van der Waals surface area contributed by atoms with Gasteiger partial charge in [0, 0.05) is 5.39 Å². The molecule has 0 saturated carbocycles. The van der Waals surface area contributed by atoms with Crippen molar-refractivity contribution in [3.05, 3.63) is 40.2 Å². The average molecular weight is 316 g/mol. The van der Waals surface area contributed by atoms with Gasteiger partial charge in [-0.3, -0.25) is 9.59 Å². The highest BCUT2D eigenvalue weighted by Gasteiger charge is 2.28. The van der Waals surface area contributed by atoms with E-state index in [-0.39, 0.29) is 10.9 Å². The lowest BCUT2D eigenvalue weighted by atomic mass is 10.1. The number of carbonyl (C=O) groups is 1. The molecule has 0 radical (unpaired) electrons. The van der Waals surface area contributed by atoms with Crippen LogP contribution in [0.4, 0.5) is 13.2 Å². The van der Waals surface area contributed by atoms with Gasteiger partial charge in [0.1, 0.15) is 17.9 Å². The summed E-state index contributed by atoms with van der Waals surface area (Å²) in [5.74, 6) is -1.84. The van der Waals surface area contributed by atoms with Gasteiger partial charge in [0.15, 0.2) is 0 Å². The van der Waals surface area contributed by atoms with Gasteiger partial charge in [-0.15, -0.1) is 4.73 Å². The molecule has 0 unspecified atom stereocenters. The van der Waals surface area contributed by atoms with Crippen molar-refractivity contribution in [1.82, 2.24) is 4.73 Å². The van der Waals surface area contributed by atoms with Crippen molar-refractivity contribution in [3.8, 4) is 5.75 Å². The fourth-order valence-electron chi connectivity index (χ4n) is 1.90. The molecule has 2 rings (SSSR count). The monoisotopic (exact) mass is 316 g/mol. The average Bonchev–Trinajstić information content (AvgIpc) is 2.41. The van der Waals surface area contributed by atoms with Crippen molar-refractivity contribution < 1.29 is 27.9 Å². The van der Waals surface area contributed by atoms with Crippen LogP contribution >= 0.6 is 0 Å². The molecule has 22 heavy (non-hydrogen) atoms. The van der Waals surface area contributed by atoms with Crippen molar-refractivity contribution in [2.24, 2.45) is 5.73 Å². The van der Waals surface area contributed by atoms with Crippen molar-refractivity contribution >= 4 is 16.8 Å². The molecule has 1 heterocycles. The Bertz CT molecular complexity index is 783. The van der Waals surface area contributed by atoms with Gasteiger partial charge < -0.3 is 15.7 Å². The quantitative estimate of drug-likeness (QED) is 0.886. The fraction of sp³-hybridized carbons (Fsp3) is 0.231. The normalized spacial score (nSPS) is 11.6. The van der Waals surface area contributed by atoms with Gasteiger partial charge >= 0.3 is 6.18 Å². The van der Waals surface area contributed by atoms with Gasteiger partial charge in [-0.25, -0.2) is 0 Å². The van der Waals surface area contributed by atoms with E-state index in [1.54, 1.807) is 0 Å². The molecular weight excluding hydrogens is 305 g/mol. The first-order valence-electron chi connectivity index (χ1n) is 6.09. The number of halogens is 3. The zero-order valence-electron chi connectivity index (χ0n) is 11.1. The lowest BCUT2D eigenvalue weighted by molar-refractivity contribution is -0.145. The van der Waals surface area contributed by atoms with E-state index in [9.17, 15) is 27.9 Å². The summed E-state index contributed by atoms with van der Waals surface area (Å²) >= 11 is 0. The maximum Gasteiger partial charge on any atom is 0.392 e. The Hall–Kier alpha value is -2.71. The molecule has 0 saturated heterocycles. The van der Waals surface area contributed by atoms with Crippen LogP contribution in [-0.4, -0.2) is 28.5 Å². The minimum atomic E-state index is -4.46. The lowest BCUT2D eigenvalue weighted by Gasteiger charge is -2.15. The number of hydrogen-bond acceptors (Lipinski definition) is 4. The second kappa shape index (κ2) is 5.58. The van der Waals surface area contributed by atoms with Crippen molar-refractivity contribution in [2.45, 2.75) is 12.6 Å². The van der Waals surface area contributed by atoms with Gasteiger partial charge in [-0.2, -0.15) is 13.2 Å². The maximum atomic E-state index is 12.2. The molecule has 0 aliphatic heterocycles. The second-order valence-electron chi connectivity index (χ2n) is 4.40. The van der Waals surface area contributed by atoms with E-state index < -0.39 is 42.0 Å². The van der Waals surface area contributed by atoms with Gasteiger partial charge in [0.05, 0.1) is 11.9 Å². The van der Waals surface area contributed by atoms with Gasteiger partial charge in [-0.05, 0) is 12.1 Å². The molecule has 1 aromatic heterocycles. The third kappa shape index (κ3) is 2.97. The highest BCUT2D eigenvalue weighted by atomic mass is 19.4. The van der Waals surface area contributed by atoms with Crippen LogP contribution in [0, 0.1) is 0 Å². The first kappa shape index (κ1) is 15.7. The van der Waals surface area contributed by atoms with Crippen LogP contribution in [-0.2, 0) is 0 Å². The smallest absolute Gasteiger partial charge is 0.392 e. The molecule has 9 heteroatoms. The summed E-state index contributed by atoms with van der Waals surface area (Å²) in [6.07, 6.45) is -5.73. The Morgan fingerprint density at radius 1 is 1.32 bits per heavy atom. The topological polar surface area (TPSA) is 94.6 Å². The number of alkyl halides is 3. The highest BCUT2D eigenvalue weighted by Crippen LogP contribution is 2.25. The lowest BCUT2D eigenvalue weighted by Crippen LogP contribution is -2.34. The molecule has 1 aromatic carbocycles. The number of pyridine rings is 1. The number of fused-ring (bicyclic) bond motifs is 1. The van der Waals surface area contributed by atoms with Crippen LogP contribution in [0.25, 0.3) is 10.9 Å². The zero-order chi connectivity index (χ0) is 16.5. The molecule has 0 bridgehead atoms. The SMILES string of the molecule is NC(=O)c1c(O)c2ccccc2n(OCCC(F)(F)F)c1=O. The summed E-state index contributed by atoms with van der Waals surface area (Å²) in [6, 6.07) is 5.74. The van der Waals surface area contributed by atoms with Crippen molar-refractivity contribution in [3.63, 3.8) is 0 Å². The molecule has 2 aromatic rings. The van der Waals surface area contributed by atoms with Gasteiger partial charge in [-0.1, -0.05) is 12.1 Å². The third-order valence-corrected chi connectivity index (χ3v) is 2.87. The number of para-hydroxylation sites is 1. The predicted molar refractivity (Wildman–Crippen MR) is 70.5 cm³/mol. The summed E-state index contributed by atoms with van der Waals surface area (Å²) in [6.45, 7) is -0.823. The number of amides is 1. The van der Waals surface area contributed by atoms with E-state index in [4.69, 9.17) is 10.6 Å². The number of nitrogens with two attached hydrogens (primary N) is 1. The van der Waals surface area contributed by atoms with E-state index in [1.165, 1.54) is 24.3 Å². The number of hydrogen-bond donors (Lipinski definition) is 2. The molecule has 0 fully saturated rings. The van der Waals surface area contributed by atoms with E-state index >= 15 is 0 Å². The maximum absolute atomic E-state index is 12.2. The zero-order valence-corrected chi connectivity index (χ0v) is 11.1. The number of aromatic nitrogens is 1. The van der Waals surface area contributed by atoms with Crippen LogP contribution in [0.15, 0.2) is 29.1 Å². The highest BCUT2D eigenvalue weighted by molar-refractivity contribution is 6.01. The number of benzene rings is 1. The minimum Gasteiger partial charge on any atom is -0.506 e. The van der Waals surface area contributed by atoms with Gasteiger partial charge in [0.25, 0.3) is 11.5 Å². The second-order valence-corrected chi connectivity index (χ2v) is 4.40. The minimum absolute atomic E-state index is 0.0252. The summed E-state index contributed by atoms with van der Waals surface area (Å²) in [5.41, 5.74) is 3.19. The molecule has 6 nitrogen and oxygen atoms in total. The number of rotatable bonds is 4. The molecule has 118 valence electrons. The Balaban J connectivity index is 2.57. The molecule has 0 aliphatic carbocycles. The molecule has 0 spiro atoms. The van der Waals surface area contributed by atoms with Crippen molar-refractivity contribution in [1.29, 1.82) is 0 Å². The molecule has 0 aliphatic rings. The molecule has 1 amide bonds. The first-order chi connectivity index (χ1) is 10.2. The van der Waals surface area contributed by atoms with Crippen molar-refractivity contribution in [2.75, 3.05) is 6.61 Å². The molecule has 0 atom stereocenters. The predicted octanol–water partition coefficient (Wildman–Crippen LogP) is 1.19. The van der Waals surface area contributed by atoms with E-state index in [2.05, 4.69) is 0 Å². The fourth-order valence-corrected chi connectivity index (χ4v) is 1.90. The van der Waals surface area contributed by atoms with Crippen LogP contribution in [0.5, 0.6) is 5.75 Å².